The standard InChI is InChI=1S/C18H25FN2O2/c1-2-23-15-8-12(9-15)6-7-20-18(22)21-17-11-16(17)13-4-3-5-14(19)10-13/h3-5,10,12,15-17H,2,6-9,11H2,1H3,(H2,20,21,22)/t12?,15?,16-,17+/m0/s1. The van der Waals surface area contributed by atoms with Crippen molar-refractivity contribution in [1.29, 1.82) is 0 Å². The molecular weight excluding hydrogens is 295 g/mol. The van der Waals surface area contributed by atoms with Gasteiger partial charge in [-0.05, 0) is 56.2 Å². The molecule has 0 aromatic heterocycles. The molecule has 0 unspecified atom stereocenters. The number of halogens is 1. The zero-order valence-corrected chi connectivity index (χ0v) is 13.6. The van der Waals surface area contributed by atoms with Crippen LogP contribution in [-0.2, 0) is 4.74 Å². The molecule has 0 heterocycles. The first-order chi connectivity index (χ1) is 11.2. The fourth-order valence-electron chi connectivity index (χ4n) is 3.35. The van der Waals surface area contributed by atoms with E-state index >= 15 is 0 Å². The Kier molecular flexibility index (Phi) is 5.16. The summed E-state index contributed by atoms with van der Waals surface area (Å²) in [4.78, 5) is 11.9. The predicted molar refractivity (Wildman–Crippen MR) is 86.8 cm³/mol. The van der Waals surface area contributed by atoms with Crippen LogP contribution in [-0.4, -0.2) is 31.3 Å². The van der Waals surface area contributed by atoms with Gasteiger partial charge in [-0.15, -0.1) is 0 Å². The smallest absolute Gasteiger partial charge is 0.315 e. The summed E-state index contributed by atoms with van der Waals surface area (Å²) in [5.41, 5.74) is 0.965. The number of carbonyl (C=O) groups excluding carboxylic acids is 1. The molecule has 2 aliphatic rings. The maximum Gasteiger partial charge on any atom is 0.315 e. The molecule has 4 nitrogen and oxygen atoms in total. The molecule has 0 bridgehead atoms. The number of amides is 2. The van der Waals surface area contributed by atoms with Crippen LogP contribution in [0.2, 0.25) is 0 Å². The molecule has 2 N–H and O–H groups in total. The summed E-state index contributed by atoms with van der Waals surface area (Å²) >= 11 is 0. The van der Waals surface area contributed by atoms with Crippen LogP contribution in [0.5, 0.6) is 0 Å². The third kappa shape index (κ3) is 4.44. The quantitative estimate of drug-likeness (QED) is 0.810. The van der Waals surface area contributed by atoms with E-state index in [1.807, 2.05) is 13.0 Å². The first-order valence-electron chi connectivity index (χ1n) is 8.57. The Bertz CT molecular complexity index is 546. The van der Waals surface area contributed by atoms with Crippen molar-refractivity contribution in [2.45, 2.75) is 50.7 Å². The Hall–Kier alpha value is -1.62. The molecule has 23 heavy (non-hydrogen) atoms. The van der Waals surface area contributed by atoms with Crippen molar-refractivity contribution in [3.8, 4) is 0 Å². The Labute approximate surface area is 136 Å². The second kappa shape index (κ2) is 7.30. The highest BCUT2D eigenvalue weighted by Crippen LogP contribution is 2.40. The van der Waals surface area contributed by atoms with Gasteiger partial charge in [0.2, 0.25) is 0 Å². The normalized spacial score (nSPS) is 28.8. The highest BCUT2D eigenvalue weighted by Gasteiger charge is 2.39. The Balaban J connectivity index is 1.29. The SMILES string of the molecule is CCOC1CC(CCNC(=O)N[C@@H]2C[C@H]2c2cccc(F)c2)C1. The minimum atomic E-state index is -0.219. The minimum Gasteiger partial charge on any atom is -0.378 e. The first-order valence-corrected chi connectivity index (χ1v) is 8.57. The molecule has 2 atom stereocenters. The zero-order valence-electron chi connectivity index (χ0n) is 13.6. The van der Waals surface area contributed by atoms with Crippen molar-refractivity contribution in [1.82, 2.24) is 10.6 Å². The number of benzene rings is 1. The van der Waals surface area contributed by atoms with Crippen LogP contribution in [0.15, 0.2) is 24.3 Å². The summed E-state index contributed by atoms with van der Waals surface area (Å²) in [7, 11) is 0. The van der Waals surface area contributed by atoms with Gasteiger partial charge in [-0.1, -0.05) is 12.1 Å². The van der Waals surface area contributed by atoms with Crippen molar-refractivity contribution < 1.29 is 13.9 Å². The number of nitrogens with one attached hydrogen (secondary N) is 2. The number of hydrogen-bond donors (Lipinski definition) is 2. The van der Waals surface area contributed by atoms with Gasteiger partial charge in [0.25, 0.3) is 0 Å². The molecule has 3 rings (SSSR count). The zero-order chi connectivity index (χ0) is 16.2. The van der Waals surface area contributed by atoms with Gasteiger partial charge in [0.1, 0.15) is 5.82 Å². The van der Waals surface area contributed by atoms with Gasteiger partial charge in [0, 0.05) is 25.1 Å². The maximum absolute atomic E-state index is 13.2. The molecule has 2 saturated carbocycles. The number of rotatable bonds is 7. The lowest BCUT2D eigenvalue weighted by atomic mass is 9.80. The Morgan fingerprint density at radius 2 is 2.17 bits per heavy atom. The van der Waals surface area contributed by atoms with Gasteiger partial charge < -0.3 is 15.4 Å². The highest BCUT2D eigenvalue weighted by atomic mass is 19.1. The Morgan fingerprint density at radius 1 is 1.35 bits per heavy atom. The van der Waals surface area contributed by atoms with Crippen molar-refractivity contribution in [2.75, 3.05) is 13.2 Å². The number of carbonyl (C=O) groups is 1. The fraction of sp³-hybridized carbons (Fsp3) is 0.611. The second-order valence-corrected chi connectivity index (χ2v) is 6.61. The molecular formula is C18H25FN2O2. The lowest BCUT2D eigenvalue weighted by molar-refractivity contribution is -0.0261. The summed E-state index contributed by atoms with van der Waals surface area (Å²) < 4.78 is 18.7. The summed E-state index contributed by atoms with van der Waals surface area (Å²) in [6.45, 7) is 3.51. The summed E-state index contributed by atoms with van der Waals surface area (Å²) in [5.74, 6) is 0.700. The molecule has 1 aromatic carbocycles. The third-order valence-electron chi connectivity index (χ3n) is 4.82. The largest absolute Gasteiger partial charge is 0.378 e. The average molecular weight is 320 g/mol. The molecule has 2 fully saturated rings. The fourth-order valence-corrected chi connectivity index (χ4v) is 3.35. The van der Waals surface area contributed by atoms with E-state index in [9.17, 15) is 9.18 Å². The molecule has 5 heteroatoms. The van der Waals surface area contributed by atoms with Crippen LogP contribution in [0.4, 0.5) is 9.18 Å². The van der Waals surface area contributed by atoms with Crippen LogP contribution in [0, 0.1) is 11.7 Å². The average Bonchev–Trinajstić information content (AvgIpc) is 3.23. The molecule has 2 amide bonds. The van der Waals surface area contributed by atoms with Gasteiger partial charge >= 0.3 is 6.03 Å². The topological polar surface area (TPSA) is 50.4 Å². The van der Waals surface area contributed by atoms with E-state index in [-0.39, 0.29) is 23.8 Å². The third-order valence-corrected chi connectivity index (χ3v) is 4.82. The molecule has 0 spiro atoms. The predicted octanol–water partition coefficient (Wildman–Crippen LogP) is 3.19. The second-order valence-electron chi connectivity index (χ2n) is 6.61. The van der Waals surface area contributed by atoms with E-state index in [1.165, 1.54) is 6.07 Å². The molecule has 0 saturated heterocycles. The van der Waals surface area contributed by atoms with Crippen LogP contribution in [0.3, 0.4) is 0 Å². The highest BCUT2D eigenvalue weighted by molar-refractivity contribution is 5.74. The number of hydrogen-bond acceptors (Lipinski definition) is 2. The molecule has 2 aliphatic carbocycles. The molecule has 0 radical (unpaired) electrons. The van der Waals surface area contributed by atoms with Gasteiger partial charge in [-0.3, -0.25) is 0 Å². The summed E-state index contributed by atoms with van der Waals surface area (Å²) in [6.07, 6.45) is 4.55. The summed E-state index contributed by atoms with van der Waals surface area (Å²) in [5, 5.41) is 5.88. The summed E-state index contributed by atoms with van der Waals surface area (Å²) in [6, 6.07) is 6.64. The lowest BCUT2D eigenvalue weighted by Crippen LogP contribution is -2.40. The molecule has 1 aromatic rings. The van der Waals surface area contributed by atoms with Gasteiger partial charge in [0.15, 0.2) is 0 Å². The number of urea groups is 1. The van der Waals surface area contributed by atoms with Crippen LogP contribution in [0.25, 0.3) is 0 Å². The van der Waals surface area contributed by atoms with E-state index in [2.05, 4.69) is 10.6 Å². The van der Waals surface area contributed by atoms with E-state index in [4.69, 9.17) is 4.74 Å². The van der Waals surface area contributed by atoms with E-state index in [0.717, 1.165) is 37.9 Å². The monoisotopic (exact) mass is 320 g/mol. The van der Waals surface area contributed by atoms with E-state index in [1.54, 1.807) is 12.1 Å². The minimum absolute atomic E-state index is 0.116. The maximum atomic E-state index is 13.2. The van der Waals surface area contributed by atoms with Crippen molar-refractivity contribution in [3.63, 3.8) is 0 Å². The van der Waals surface area contributed by atoms with Gasteiger partial charge in [0.05, 0.1) is 6.10 Å². The lowest BCUT2D eigenvalue weighted by Gasteiger charge is -2.34. The van der Waals surface area contributed by atoms with Crippen molar-refractivity contribution >= 4 is 6.03 Å². The Morgan fingerprint density at radius 3 is 2.91 bits per heavy atom. The van der Waals surface area contributed by atoms with Crippen LogP contribution in [0.1, 0.15) is 44.1 Å². The molecule has 0 aliphatic heterocycles. The van der Waals surface area contributed by atoms with Crippen LogP contribution >= 0.6 is 0 Å². The number of ether oxygens (including phenoxy) is 1. The van der Waals surface area contributed by atoms with Gasteiger partial charge in [-0.2, -0.15) is 0 Å². The van der Waals surface area contributed by atoms with Gasteiger partial charge in [-0.25, -0.2) is 9.18 Å². The van der Waals surface area contributed by atoms with E-state index < -0.39 is 0 Å². The molecule has 126 valence electrons. The van der Waals surface area contributed by atoms with E-state index in [0.29, 0.717) is 18.6 Å². The van der Waals surface area contributed by atoms with Crippen molar-refractivity contribution in [2.24, 2.45) is 5.92 Å². The first kappa shape index (κ1) is 16.2. The van der Waals surface area contributed by atoms with Crippen molar-refractivity contribution in [3.05, 3.63) is 35.6 Å². The van der Waals surface area contributed by atoms with Crippen LogP contribution < -0.4 is 10.6 Å².